The highest BCUT2D eigenvalue weighted by molar-refractivity contribution is 5.74. The fraction of sp³-hybridized carbons (Fsp3) is 0.533. The minimum atomic E-state index is -0.108. The summed E-state index contributed by atoms with van der Waals surface area (Å²) in [6.07, 6.45) is 0.599. The molecular formula is C15H24N2O2. The summed E-state index contributed by atoms with van der Waals surface area (Å²) in [5.74, 6) is 0. The van der Waals surface area contributed by atoms with Gasteiger partial charge >= 0.3 is 6.03 Å². The lowest BCUT2D eigenvalue weighted by Crippen LogP contribution is -2.39. The molecular weight excluding hydrogens is 240 g/mol. The van der Waals surface area contributed by atoms with Crippen LogP contribution in [0.25, 0.3) is 0 Å². The third-order valence-corrected chi connectivity index (χ3v) is 3.31. The topological polar surface area (TPSA) is 52.6 Å². The number of aliphatic hydroxyl groups is 1. The standard InChI is InChI=1S/C15H24N2O2/c1-11-7-5-8-12(2)14(11)13(3)16-15(19)17(4)9-6-10-18/h5,7-8,13,18H,6,9-10H2,1-4H3,(H,16,19). The van der Waals surface area contributed by atoms with Gasteiger partial charge in [0, 0.05) is 20.2 Å². The summed E-state index contributed by atoms with van der Waals surface area (Å²) < 4.78 is 0. The van der Waals surface area contributed by atoms with Crippen LogP contribution in [0, 0.1) is 13.8 Å². The number of benzene rings is 1. The van der Waals surface area contributed by atoms with Crippen LogP contribution in [0.15, 0.2) is 18.2 Å². The van der Waals surface area contributed by atoms with Crippen molar-refractivity contribution in [3.63, 3.8) is 0 Å². The van der Waals surface area contributed by atoms with Crippen molar-refractivity contribution in [1.29, 1.82) is 0 Å². The SMILES string of the molecule is Cc1cccc(C)c1C(C)NC(=O)N(C)CCCO. The minimum absolute atomic E-state index is 0.0229. The Balaban J connectivity index is 2.69. The summed E-state index contributed by atoms with van der Waals surface area (Å²) in [7, 11) is 1.74. The zero-order valence-electron chi connectivity index (χ0n) is 12.2. The smallest absolute Gasteiger partial charge is 0.317 e. The molecule has 0 spiro atoms. The summed E-state index contributed by atoms with van der Waals surface area (Å²) >= 11 is 0. The van der Waals surface area contributed by atoms with Crippen LogP contribution in [-0.2, 0) is 0 Å². The summed E-state index contributed by atoms with van der Waals surface area (Å²) in [6.45, 7) is 6.76. The van der Waals surface area contributed by atoms with E-state index in [4.69, 9.17) is 5.11 Å². The molecule has 0 aromatic heterocycles. The van der Waals surface area contributed by atoms with E-state index in [1.54, 1.807) is 11.9 Å². The molecule has 19 heavy (non-hydrogen) atoms. The van der Waals surface area contributed by atoms with Crippen molar-refractivity contribution in [3.8, 4) is 0 Å². The maximum absolute atomic E-state index is 12.0. The molecule has 0 bridgehead atoms. The molecule has 0 radical (unpaired) electrons. The van der Waals surface area contributed by atoms with Crippen LogP contribution in [0.1, 0.15) is 36.1 Å². The largest absolute Gasteiger partial charge is 0.396 e. The summed E-state index contributed by atoms with van der Waals surface area (Å²) in [5, 5.41) is 11.8. The van der Waals surface area contributed by atoms with Gasteiger partial charge in [-0.1, -0.05) is 18.2 Å². The second-order valence-corrected chi connectivity index (χ2v) is 4.98. The van der Waals surface area contributed by atoms with Gasteiger partial charge in [0.15, 0.2) is 0 Å². The normalized spacial score (nSPS) is 12.1. The number of aryl methyl sites for hydroxylation is 2. The van der Waals surface area contributed by atoms with E-state index < -0.39 is 0 Å². The van der Waals surface area contributed by atoms with Gasteiger partial charge < -0.3 is 15.3 Å². The molecule has 4 nitrogen and oxygen atoms in total. The highest BCUT2D eigenvalue weighted by Gasteiger charge is 2.15. The van der Waals surface area contributed by atoms with Crippen molar-refractivity contribution in [1.82, 2.24) is 10.2 Å². The third kappa shape index (κ3) is 4.24. The summed E-state index contributed by atoms with van der Waals surface area (Å²) in [4.78, 5) is 13.6. The number of urea groups is 1. The Kier molecular flexibility index (Phi) is 5.83. The molecule has 1 aromatic rings. The minimum Gasteiger partial charge on any atom is -0.396 e. The van der Waals surface area contributed by atoms with Crippen molar-refractivity contribution in [2.45, 2.75) is 33.2 Å². The van der Waals surface area contributed by atoms with E-state index in [1.165, 1.54) is 16.7 Å². The molecule has 0 aliphatic rings. The lowest BCUT2D eigenvalue weighted by atomic mass is 9.97. The van der Waals surface area contributed by atoms with Gasteiger partial charge in [0.1, 0.15) is 0 Å². The van der Waals surface area contributed by atoms with E-state index in [0.29, 0.717) is 13.0 Å². The van der Waals surface area contributed by atoms with Crippen LogP contribution < -0.4 is 5.32 Å². The van der Waals surface area contributed by atoms with Crippen LogP contribution in [-0.4, -0.2) is 36.2 Å². The van der Waals surface area contributed by atoms with Gasteiger partial charge in [-0.2, -0.15) is 0 Å². The van der Waals surface area contributed by atoms with Gasteiger partial charge in [0.2, 0.25) is 0 Å². The first-order valence-electron chi connectivity index (χ1n) is 6.66. The molecule has 1 atom stereocenters. The van der Waals surface area contributed by atoms with Gasteiger partial charge in [-0.05, 0) is 43.9 Å². The van der Waals surface area contributed by atoms with Crippen molar-refractivity contribution < 1.29 is 9.90 Å². The third-order valence-electron chi connectivity index (χ3n) is 3.31. The van der Waals surface area contributed by atoms with Crippen molar-refractivity contribution in [2.24, 2.45) is 0 Å². The first-order chi connectivity index (χ1) is 8.97. The first-order valence-corrected chi connectivity index (χ1v) is 6.66. The molecule has 1 unspecified atom stereocenters. The number of rotatable bonds is 5. The Morgan fingerprint density at radius 1 is 1.37 bits per heavy atom. The Hall–Kier alpha value is -1.55. The van der Waals surface area contributed by atoms with Crippen LogP contribution >= 0.6 is 0 Å². The molecule has 2 amide bonds. The van der Waals surface area contributed by atoms with Gasteiger partial charge in [0.05, 0.1) is 6.04 Å². The van der Waals surface area contributed by atoms with E-state index in [2.05, 4.69) is 31.3 Å². The van der Waals surface area contributed by atoms with Crippen LogP contribution in [0.3, 0.4) is 0 Å². The zero-order chi connectivity index (χ0) is 14.4. The monoisotopic (exact) mass is 264 g/mol. The van der Waals surface area contributed by atoms with Crippen LogP contribution in [0.4, 0.5) is 4.79 Å². The lowest BCUT2D eigenvalue weighted by Gasteiger charge is -2.23. The molecule has 0 fully saturated rings. The molecule has 0 aliphatic heterocycles. The van der Waals surface area contributed by atoms with E-state index in [0.717, 1.165) is 0 Å². The van der Waals surface area contributed by atoms with Crippen molar-refractivity contribution in [3.05, 3.63) is 34.9 Å². The predicted molar refractivity (Wildman–Crippen MR) is 77.2 cm³/mol. The Bertz CT molecular complexity index is 412. The molecule has 106 valence electrons. The van der Waals surface area contributed by atoms with Gasteiger partial charge in [0.25, 0.3) is 0 Å². The van der Waals surface area contributed by atoms with E-state index >= 15 is 0 Å². The number of hydrogen-bond acceptors (Lipinski definition) is 2. The van der Waals surface area contributed by atoms with Gasteiger partial charge in [-0.15, -0.1) is 0 Å². The average molecular weight is 264 g/mol. The molecule has 4 heteroatoms. The molecule has 0 saturated carbocycles. The van der Waals surface area contributed by atoms with E-state index in [1.807, 2.05) is 13.0 Å². The van der Waals surface area contributed by atoms with Gasteiger partial charge in [-0.25, -0.2) is 4.79 Å². The van der Waals surface area contributed by atoms with Crippen molar-refractivity contribution in [2.75, 3.05) is 20.2 Å². The molecule has 1 rings (SSSR count). The number of hydrogen-bond donors (Lipinski definition) is 2. The highest BCUT2D eigenvalue weighted by Crippen LogP contribution is 2.21. The maximum Gasteiger partial charge on any atom is 0.317 e. The number of carbonyl (C=O) groups is 1. The van der Waals surface area contributed by atoms with Crippen LogP contribution in [0.5, 0.6) is 0 Å². The fourth-order valence-corrected chi connectivity index (χ4v) is 2.29. The Morgan fingerprint density at radius 3 is 2.47 bits per heavy atom. The number of carbonyl (C=O) groups excluding carboxylic acids is 1. The summed E-state index contributed by atoms with van der Waals surface area (Å²) in [6, 6.07) is 6.01. The number of nitrogens with one attached hydrogen (secondary N) is 1. The number of nitrogens with zero attached hydrogens (tertiary/aromatic N) is 1. The average Bonchev–Trinajstić information content (AvgIpc) is 2.35. The second-order valence-electron chi connectivity index (χ2n) is 4.98. The maximum atomic E-state index is 12.0. The highest BCUT2D eigenvalue weighted by atomic mass is 16.3. The molecule has 0 saturated heterocycles. The molecule has 0 aliphatic carbocycles. The first kappa shape index (κ1) is 15.5. The van der Waals surface area contributed by atoms with E-state index in [-0.39, 0.29) is 18.7 Å². The summed E-state index contributed by atoms with van der Waals surface area (Å²) in [5.41, 5.74) is 3.54. The van der Waals surface area contributed by atoms with Gasteiger partial charge in [-0.3, -0.25) is 0 Å². The van der Waals surface area contributed by atoms with Crippen molar-refractivity contribution >= 4 is 6.03 Å². The van der Waals surface area contributed by atoms with E-state index in [9.17, 15) is 4.79 Å². The second kappa shape index (κ2) is 7.14. The molecule has 2 N–H and O–H groups in total. The zero-order valence-corrected chi connectivity index (χ0v) is 12.2. The number of aliphatic hydroxyl groups excluding tert-OH is 1. The lowest BCUT2D eigenvalue weighted by molar-refractivity contribution is 0.198. The Morgan fingerprint density at radius 2 is 1.95 bits per heavy atom. The predicted octanol–water partition coefficient (Wildman–Crippen LogP) is 2.39. The quantitative estimate of drug-likeness (QED) is 0.858. The van der Waals surface area contributed by atoms with Crippen LogP contribution in [0.2, 0.25) is 0 Å². The fourth-order valence-electron chi connectivity index (χ4n) is 2.29. The molecule has 0 heterocycles. The Labute approximate surface area is 115 Å². The number of amides is 2. The molecule has 1 aromatic carbocycles.